The van der Waals surface area contributed by atoms with E-state index in [9.17, 15) is 4.79 Å². The number of fused-ring (bicyclic) bond motifs is 2. The Morgan fingerprint density at radius 2 is 2.08 bits per heavy atom. The minimum absolute atomic E-state index is 0.259. The highest BCUT2D eigenvalue weighted by Crippen LogP contribution is 2.29. The van der Waals surface area contributed by atoms with Crippen LogP contribution in [0.5, 0.6) is 5.75 Å². The van der Waals surface area contributed by atoms with Gasteiger partial charge >= 0.3 is 5.91 Å². The molecule has 6 heteroatoms. The SMILES string of the molecule is CCOc1ccc2oc(C(=O)n3nnc4ccccc43)c(C)c2c1. The van der Waals surface area contributed by atoms with Gasteiger partial charge in [-0.15, -0.1) is 5.10 Å². The highest BCUT2D eigenvalue weighted by atomic mass is 16.5. The van der Waals surface area contributed by atoms with Crippen molar-refractivity contribution in [2.45, 2.75) is 13.8 Å². The van der Waals surface area contributed by atoms with Gasteiger partial charge < -0.3 is 9.15 Å². The highest BCUT2D eigenvalue weighted by molar-refractivity contribution is 6.03. The summed E-state index contributed by atoms with van der Waals surface area (Å²) in [5.41, 5.74) is 2.72. The van der Waals surface area contributed by atoms with Crippen molar-refractivity contribution in [1.29, 1.82) is 0 Å². The fourth-order valence-corrected chi connectivity index (χ4v) is 2.78. The number of hydrogen-bond donors (Lipinski definition) is 0. The van der Waals surface area contributed by atoms with Crippen LogP contribution in [0.3, 0.4) is 0 Å². The van der Waals surface area contributed by atoms with Crippen molar-refractivity contribution in [3.8, 4) is 5.75 Å². The van der Waals surface area contributed by atoms with E-state index >= 15 is 0 Å². The molecule has 0 aliphatic heterocycles. The van der Waals surface area contributed by atoms with Gasteiger partial charge in [-0.2, -0.15) is 4.68 Å². The molecule has 2 heterocycles. The Morgan fingerprint density at radius 3 is 2.92 bits per heavy atom. The zero-order valence-electron chi connectivity index (χ0n) is 13.3. The molecular weight excluding hydrogens is 306 g/mol. The quantitative estimate of drug-likeness (QED) is 0.577. The molecule has 2 aromatic heterocycles. The largest absolute Gasteiger partial charge is 0.494 e. The molecule has 4 aromatic rings. The molecule has 24 heavy (non-hydrogen) atoms. The van der Waals surface area contributed by atoms with Gasteiger partial charge in [-0.25, -0.2) is 0 Å². The van der Waals surface area contributed by atoms with E-state index in [-0.39, 0.29) is 11.7 Å². The molecule has 0 N–H and O–H groups in total. The lowest BCUT2D eigenvalue weighted by Crippen LogP contribution is -2.13. The smallest absolute Gasteiger partial charge is 0.316 e. The first-order valence-electron chi connectivity index (χ1n) is 7.70. The van der Waals surface area contributed by atoms with Crippen LogP contribution in [0, 0.1) is 6.92 Å². The molecule has 0 atom stereocenters. The lowest BCUT2D eigenvalue weighted by atomic mass is 10.1. The molecule has 0 radical (unpaired) electrons. The summed E-state index contributed by atoms with van der Waals surface area (Å²) >= 11 is 0. The van der Waals surface area contributed by atoms with Crippen LogP contribution in [0.2, 0.25) is 0 Å². The summed E-state index contributed by atoms with van der Waals surface area (Å²) in [7, 11) is 0. The van der Waals surface area contributed by atoms with E-state index in [2.05, 4.69) is 10.3 Å². The maximum atomic E-state index is 12.9. The summed E-state index contributed by atoms with van der Waals surface area (Å²) in [4.78, 5) is 12.9. The number of carbonyl (C=O) groups is 1. The molecule has 0 bridgehead atoms. The van der Waals surface area contributed by atoms with E-state index in [0.717, 1.165) is 16.7 Å². The zero-order valence-corrected chi connectivity index (χ0v) is 13.3. The summed E-state index contributed by atoms with van der Waals surface area (Å²) in [6.07, 6.45) is 0. The molecule has 0 aliphatic rings. The Bertz CT molecular complexity index is 1060. The first kappa shape index (κ1) is 14.4. The van der Waals surface area contributed by atoms with Gasteiger partial charge in [0.05, 0.1) is 12.1 Å². The molecule has 2 aromatic carbocycles. The first-order valence-corrected chi connectivity index (χ1v) is 7.70. The van der Waals surface area contributed by atoms with Crippen LogP contribution in [0.15, 0.2) is 46.9 Å². The van der Waals surface area contributed by atoms with Gasteiger partial charge in [0.2, 0.25) is 0 Å². The molecule has 0 fully saturated rings. The third kappa shape index (κ3) is 2.15. The maximum Gasteiger partial charge on any atom is 0.316 e. The Hall–Kier alpha value is -3.15. The van der Waals surface area contributed by atoms with Gasteiger partial charge in [0, 0.05) is 10.9 Å². The monoisotopic (exact) mass is 321 g/mol. The molecule has 4 rings (SSSR count). The number of aromatic nitrogens is 3. The fraction of sp³-hybridized carbons (Fsp3) is 0.167. The lowest BCUT2D eigenvalue weighted by Gasteiger charge is -2.01. The third-order valence-corrected chi connectivity index (χ3v) is 3.96. The van der Waals surface area contributed by atoms with Crippen LogP contribution in [0.4, 0.5) is 0 Å². The van der Waals surface area contributed by atoms with Crippen molar-refractivity contribution in [3.05, 3.63) is 53.8 Å². The lowest BCUT2D eigenvalue weighted by molar-refractivity contribution is 0.0921. The average molecular weight is 321 g/mol. The highest BCUT2D eigenvalue weighted by Gasteiger charge is 2.22. The van der Waals surface area contributed by atoms with Crippen LogP contribution >= 0.6 is 0 Å². The zero-order chi connectivity index (χ0) is 16.7. The Balaban J connectivity index is 1.83. The number of nitrogens with zero attached hydrogens (tertiary/aromatic N) is 3. The predicted octanol–water partition coefficient (Wildman–Crippen LogP) is 3.57. The number of hydrogen-bond acceptors (Lipinski definition) is 5. The number of ether oxygens (including phenoxy) is 1. The van der Waals surface area contributed by atoms with Gasteiger partial charge in [-0.05, 0) is 44.2 Å². The van der Waals surface area contributed by atoms with Crippen molar-refractivity contribution >= 4 is 27.9 Å². The Kier molecular flexibility index (Phi) is 3.30. The molecule has 0 aliphatic carbocycles. The van der Waals surface area contributed by atoms with Gasteiger partial charge in [0.1, 0.15) is 16.8 Å². The molecule has 6 nitrogen and oxygen atoms in total. The van der Waals surface area contributed by atoms with Crippen molar-refractivity contribution in [1.82, 2.24) is 15.0 Å². The van der Waals surface area contributed by atoms with Gasteiger partial charge in [0.15, 0.2) is 5.76 Å². The minimum Gasteiger partial charge on any atom is -0.494 e. The van der Waals surface area contributed by atoms with Gasteiger partial charge in [0.25, 0.3) is 0 Å². The number of benzene rings is 2. The van der Waals surface area contributed by atoms with E-state index < -0.39 is 0 Å². The second-order valence-electron chi connectivity index (χ2n) is 5.44. The Morgan fingerprint density at radius 1 is 1.25 bits per heavy atom. The van der Waals surface area contributed by atoms with Crippen LogP contribution in [0.1, 0.15) is 23.0 Å². The number of furan rings is 1. The average Bonchev–Trinajstić information content (AvgIpc) is 3.17. The van der Waals surface area contributed by atoms with Gasteiger partial charge in [-0.1, -0.05) is 17.3 Å². The predicted molar refractivity (Wildman–Crippen MR) is 89.4 cm³/mol. The molecule has 120 valence electrons. The van der Waals surface area contributed by atoms with Crippen molar-refractivity contribution in [3.63, 3.8) is 0 Å². The van der Waals surface area contributed by atoms with Crippen LogP contribution < -0.4 is 4.74 Å². The van der Waals surface area contributed by atoms with E-state index in [1.165, 1.54) is 4.68 Å². The van der Waals surface area contributed by atoms with E-state index in [1.54, 1.807) is 6.07 Å². The standard InChI is InChI=1S/C18H15N3O3/c1-3-23-12-8-9-16-13(10-12)11(2)17(24-16)18(22)21-15-7-5-4-6-14(15)19-20-21/h4-10H,3H2,1-2H3. The second-order valence-corrected chi connectivity index (χ2v) is 5.44. The van der Waals surface area contributed by atoms with Gasteiger partial charge in [-0.3, -0.25) is 4.79 Å². The van der Waals surface area contributed by atoms with E-state index in [1.807, 2.05) is 50.2 Å². The second kappa shape index (κ2) is 5.49. The number of aryl methyl sites for hydroxylation is 1. The number of para-hydroxylation sites is 1. The molecule has 0 saturated carbocycles. The number of carbonyl (C=O) groups excluding carboxylic acids is 1. The van der Waals surface area contributed by atoms with Crippen LogP contribution in [-0.4, -0.2) is 27.5 Å². The maximum absolute atomic E-state index is 12.9. The summed E-state index contributed by atoms with van der Waals surface area (Å²) < 4.78 is 12.6. The normalized spacial score (nSPS) is 11.2. The molecule has 0 amide bonds. The topological polar surface area (TPSA) is 70.2 Å². The summed E-state index contributed by atoms with van der Waals surface area (Å²) in [5.74, 6) is 0.670. The van der Waals surface area contributed by atoms with Crippen LogP contribution in [0.25, 0.3) is 22.0 Å². The third-order valence-electron chi connectivity index (χ3n) is 3.96. The van der Waals surface area contributed by atoms with E-state index in [4.69, 9.17) is 9.15 Å². The summed E-state index contributed by atoms with van der Waals surface area (Å²) in [5, 5.41) is 8.84. The Labute approximate surface area is 137 Å². The molecule has 0 spiro atoms. The van der Waals surface area contributed by atoms with Crippen molar-refractivity contribution < 1.29 is 13.9 Å². The van der Waals surface area contributed by atoms with Crippen molar-refractivity contribution in [2.75, 3.05) is 6.61 Å². The van der Waals surface area contributed by atoms with Crippen LogP contribution in [-0.2, 0) is 0 Å². The number of rotatable bonds is 3. The first-order chi connectivity index (χ1) is 11.7. The minimum atomic E-state index is -0.338. The van der Waals surface area contributed by atoms with E-state index in [0.29, 0.717) is 23.2 Å². The summed E-state index contributed by atoms with van der Waals surface area (Å²) in [6, 6.07) is 12.8. The molecular formula is C18H15N3O3. The fourth-order valence-electron chi connectivity index (χ4n) is 2.78. The van der Waals surface area contributed by atoms with Crippen molar-refractivity contribution in [2.24, 2.45) is 0 Å². The molecule has 0 unspecified atom stereocenters. The molecule has 0 saturated heterocycles. The summed E-state index contributed by atoms with van der Waals surface area (Å²) in [6.45, 7) is 4.37.